The average molecular weight is 231 g/mol. The van der Waals surface area contributed by atoms with Crippen molar-refractivity contribution in [1.82, 2.24) is 14.8 Å². The van der Waals surface area contributed by atoms with E-state index in [1.807, 2.05) is 29.9 Å². The number of nitrogens with zero attached hydrogens (tertiary/aromatic N) is 3. The lowest BCUT2D eigenvalue weighted by molar-refractivity contribution is 0.559. The van der Waals surface area contributed by atoms with E-state index in [-0.39, 0.29) is 6.04 Å². The SMILES string of the molecule is Cc1cc(N)cnc1NC(C)Cn1cccn1. The van der Waals surface area contributed by atoms with E-state index in [4.69, 9.17) is 5.73 Å². The summed E-state index contributed by atoms with van der Waals surface area (Å²) in [4.78, 5) is 4.28. The number of aromatic nitrogens is 3. The van der Waals surface area contributed by atoms with Crippen LogP contribution in [-0.4, -0.2) is 20.8 Å². The third-order valence-corrected chi connectivity index (χ3v) is 2.50. The van der Waals surface area contributed by atoms with Crippen molar-refractivity contribution >= 4 is 11.5 Å². The molecule has 0 aliphatic carbocycles. The minimum absolute atomic E-state index is 0.254. The second-order valence-electron chi connectivity index (χ2n) is 4.21. The van der Waals surface area contributed by atoms with Crippen LogP contribution in [0.5, 0.6) is 0 Å². The molecule has 5 nitrogen and oxygen atoms in total. The van der Waals surface area contributed by atoms with Crippen molar-refractivity contribution in [3.8, 4) is 0 Å². The first-order valence-corrected chi connectivity index (χ1v) is 5.61. The summed E-state index contributed by atoms with van der Waals surface area (Å²) in [7, 11) is 0. The van der Waals surface area contributed by atoms with Gasteiger partial charge in [0.15, 0.2) is 0 Å². The van der Waals surface area contributed by atoms with Crippen molar-refractivity contribution < 1.29 is 0 Å². The van der Waals surface area contributed by atoms with Crippen LogP contribution in [0.1, 0.15) is 12.5 Å². The molecular formula is C12H17N5. The maximum Gasteiger partial charge on any atom is 0.129 e. The van der Waals surface area contributed by atoms with Gasteiger partial charge in [-0.3, -0.25) is 4.68 Å². The van der Waals surface area contributed by atoms with Crippen LogP contribution in [0.2, 0.25) is 0 Å². The summed E-state index contributed by atoms with van der Waals surface area (Å²) < 4.78 is 1.89. The molecule has 0 spiro atoms. The Morgan fingerprint density at radius 1 is 1.53 bits per heavy atom. The van der Waals surface area contributed by atoms with Gasteiger partial charge in [0.1, 0.15) is 5.82 Å². The summed E-state index contributed by atoms with van der Waals surface area (Å²) in [5, 5.41) is 7.52. The third-order valence-electron chi connectivity index (χ3n) is 2.50. The van der Waals surface area contributed by atoms with Gasteiger partial charge in [-0.25, -0.2) is 4.98 Å². The number of anilines is 2. The van der Waals surface area contributed by atoms with Crippen LogP contribution in [0.3, 0.4) is 0 Å². The van der Waals surface area contributed by atoms with Crippen LogP contribution in [0.25, 0.3) is 0 Å². The molecule has 5 heteroatoms. The molecule has 0 amide bonds. The van der Waals surface area contributed by atoms with E-state index < -0.39 is 0 Å². The lowest BCUT2D eigenvalue weighted by Gasteiger charge is -2.16. The molecule has 0 fully saturated rings. The summed E-state index contributed by atoms with van der Waals surface area (Å²) in [6, 6.07) is 4.08. The molecule has 2 heterocycles. The number of hydrogen-bond acceptors (Lipinski definition) is 4. The predicted octanol–water partition coefficient (Wildman–Crippen LogP) is 1.67. The largest absolute Gasteiger partial charge is 0.397 e. The Hall–Kier alpha value is -2.04. The molecule has 3 N–H and O–H groups in total. The lowest BCUT2D eigenvalue weighted by Crippen LogP contribution is -2.23. The number of aryl methyl sites for hydroxylation is 1. The van der Waals surface area contributed by atoms with Gasteiger partial charge in [-0.2, -0.15) is 5.10 Å². The smallest absolute Gasteiger partial charge is 0.129 e. The molecule has 1 unspecified atom stereocenters. The molecule has 2 rings (SSSR count). The number of hydrogen-bond donors (Lipinski definition) is 2. The van der Waals surface area contributed by atoms with Crippen LogP contribution in [0.4, 0.5) is 11.5 Å². The molecule has 0 radical (unpaired) electrons. The van der Waals surface area contributed by atoms with Crippen molar-refractivity contribution in [3.05, 3.63) is 36.3 Å². The first-order valence-electron chi connectivity index (χ1n) is 5.61. The topological polar surface area (TPSA) is 68.8 Å². The van der Waals surface area contributed by atoms with E-state index in [1.54, 1.807) is 12.4 Å². The highest BCUT2D eigenvalue weighted by Crippen LogP contribution is 2.15. The highest BCUT2D eigenvalue weighted by Gasteiger charge is 2.06. The number of nitrogen functional groups attached to an aromatic ring is 1. The Bertz CT molecular complexity index is 478. The van der Waals surface area contributed by atoms with E-state index >= 15 is 0 Å². The molecule has 90 valence electrons. The number of pyridine rings is 1. The molecule has 1 atom stereocenters. The maximum absolute atomic E-state index is 5.66. The normalized spacial score (nSPS) is 12.4. The van der Waals surface area contributed by atoms with Crippen molar-refractivity contribution in [3.63, 3.8) is 0 Å². The van der Waals surface area contributed by atoms with Crippen LogP contribution < -0.4 is 11.1 Å². The van der Waals surface area contributed by atoms with Gasteiger partial charge < -0.3 is 11.1 Å². The van der Waals surface area contributed by atoms with Crippen LogP contribution in [0.15, 0.2) is 30.7 Å². The van der Waals surface area contributed by atoms with E-state index in [0.29, 0.717) is 5.69 Å². The highest BCUT2D eigenvalue weighted by molar-refractivity contribution is 5.51. The molecule has 0 aliphatic heterocycles. The summed E-state index contributed by atoms with van der Waals surface area (Å²) in [5.41, 5.74) is 7.40. The molecule has 2 aromatic rings. The Morgan fingerprint density at radius 3 is 3.00 bits per heavy atom. The highest BCUT2D eigenvalue weighted by atomic mass is 15.3. The average Bonchev–Trinajstić information content (AvgIpc) is 2.75. The summed E-state index contributed by atoms with van der Waals surface area (Å²) in [6.07, 6.45) is 5.39. The van der Waals surface area contributed by atoms with Gasteiger partial charge in [-0.1, -0.05) is 0 Å². The molecule has 2 aromatic heterocycles. The maximum atomic E-state index is 5.66. The summed E-state index contributed by atoms with van der Waals surface area (Å²) in [5.74, 6) is 0.874. The standard InChI is InChI=1S/C12H17N5/c1-9-6-11(13)7-14-12(9)16-10(2)8-17-5-3-4-15-17/h3-7,10H,8,13H2,1-2H3,(H,14,16). The van der Waals surface area contributed by atoms with Crippen LogP contribution in [0, 0.1) is 6.92 Å². The number of rotatable bonds is 4. The zero-order valence-electron chi connectivity index (χ0n) is 10.1. The van der Waals surface area contributed by atoms with Gasteiger partial charge in [0.05, 0.1) is 18.4 Å². The molecule has 0 saturated heterocycles. The lowest BCUT2D eigenvalue weighted by atomic mass is 10.2. The molecule has 0 bridgehead atoms. The Labute approximate surface area is 101 Å². The number of nitrogens with one attached hydrogen (secondary N) is 1. The first-order chi connectivity index (χ1) is 8.15. The van der Waals surface area contributed by atoms with Crippen molar-refractivity contribution in [2.24, 2.45) is 0 Å². The van der Waals surface area contributed by atoms with E-state index in [1.165, 1.54) is 0 Å². The Kier molecular flexibility index (Phi) is 3.27. The Balaban J connectivity index is 2.00. The van der Waals surface area contributed by atoms with Gasteiger partial charge in [-0.05, 0) is 31.5 Å². The van der Waals surface area contributed by atoms with Gasteiger partial charge in [0.2, 0.25) is 0 Å². The minimum Gasteiger partial charge on any atom is -0.397 e. The minimum atomic E-state index is 0.254. The van der Waals surface area contributed by atoms with Gasteiger partial charge in [0.25, 0.3) is 0 Å². The zero-order chi connectivity index (χ0) is 12.3. The van der Waals surface area contributed by atoms with Gasteiger partial charge >= 0.3 is 0 Å². The van der Waals surface area contributed by atoms with Crippen LogP contribution >= 0.6 is 0 Å². The van der Waals surface area contributed by atoms with E-state index in [0.717, 1.165) is 17.9 Å². The molecule has 17 heavy (non-hydrogen) atoms. The molecule has 0 aromatic carbocycles. The van der Waals surface area contributed by atoms with Crippen molar-refractivity contribution in [2.75, 3.05) is 11.1 Å². The fourth-order valence-corrected chi connectivity index (χ4v) is 1.72. The second kappa shape index (κ2) is 4.86. The van der Waals surface area contributed by atoms with Crippen LogP contribution in [-0.2, 0) is 6.54 Å². The monoisotopic (exact) mass is 231 g/mol. The summed E-state index contributed by atoms with van der Waals surface area (Å²) >= 11 is 0. The van der Waals surface area contributed by atoms with Gasteiger partial charge in [-0.15, -0.1) is 0 Å². The Morgan fingerprint density at radius 2 is 2.35 bits per heavy atom. The van der Waals surface area contributed by atoms with Gasteiger partial charge in [0, 0.05) is 18.4 Å². The fraction of sp³-hybridized carbons (Fsp3) is 0.333. The van der Waals surface area contributed by atoms with Crippen molar-refractivity contribution in [1.29, 1.82) is 0 Å². The quantitative estimate of drug-likeness (QED) is 0.839. The summed E-state index contributed by atoms with van der Waals surface area (Å²) in [6.45, 7) is 4.89. The predicted molar refractivity (Wildman–Crippen MR) is 68.7 cm³/mol. The number of nitrogens with two attached hydrogens (primary N) is 1. The molecular weight excluding hydrogens is 214 g/mol. The zero-order valence-corrected chi connectivity index (χ0v) is 10.1. The first kappa shape index (κ1) is 11.4. The van der Waals surface area contributed by atoms with Crippen molar-refractivity contribution in [2.45, 2.75) is 26.4 Å². The second-order valence-corrected chi connectivity index (χ2v) is 4.21. The molecule has 0 saturated carbocycles. The molecule has 0 aliphatic rings. The third kappa shape index (κ3) is 2.96. The van der Waals surface area contributed by atoms with E-state index in [9.17, 15) is 0 Å². The van der Waals surface area contributed by atoms with E-state index in [2.05, 4.69) is 22.3 Å². The fourth-order valence-electron chi connectivity index (χ4n) is 1.72.